The van der Waals surface area contributed by atoms with Crippen LogP contribution in [0.3, 0.4) is 0 Å². The summed E-state index contributed by atoms with van der Waals surface area (Å²) >= 11 is 0. The zero-order chi connectivity index (χ0) is 22.6. The van der Waals surface area contributed by atoms with Crippen LogP contribution in [-0.2, 0) is 14.3 Å². The molecule has 0 radical (unpaired) electrons. The molecule has 0 aliphatic carbocycles. The second kappa shape index (κ2) is 9.63. The van der Waals surface area contributed by atoms with Gasteiger partial charge in [-0.3, -0.25) is 4.79 Å². The molecule has 168 valence electrons. The van der Waals surface area contributed by atoms with Crippen molar-refractivity contribution in [3.63, 3.8) is 0 Å². The third-order valence-electron chi connectivity index (χ3n) is 4.31. The first kappa shape index (κ1) is 23.9. The second-order valence-corrected chi connectivity index (χ2v) is 8.91. The lowest BCUT2D eigenvalue weighted by atomic mass is 9.99. The first-order valence-corrected chi connectivity index (χ1v) is 9.86. The van der Waals surface area contributed by atoms with Crippen molar-refractivity contribution in [2.45, 2.75) is 65.6 Å². The summed E-state index contributed by atoms with van der Waals surface area (Å²) in [4.78, 5) is 23.3. The number of carbonyl (C=O) groups is 2. The SMILES string of the molecule is CC(C)C(=O)Nc1ccc(O[C@@H]2O[C@H](C(=O)O)[C@@H](O)C[C@H]2O)c(OCC(C)(C)C)c1. The molecule has 1 fully saturated rings. The Morgan fingerprint density at radius 1 is 1.20 bits per heavy atom. The van der Waals surface area contributed by atoms with Gasteiger partial charge in [-0.15, -0.1) is 0 Å². The number of benzene rings is 1. The van der Waals surface area contributed by atoms with E-state index in [1.165, 1.54) is 0 Å². The third-order valence-corrected chi connectivity index (χ3v) is 4.31. The Balaban J connectivity index is 2.25. The zero-order valence-corrected chi connectivity index (χ0v) is 17.9. The highest BCUT2D eigenvalue weighted by atomic mass is 16.7. The lowest BCUT2D eigenvalue weighted by Gasteiger charge is -2.35. The van der Waals surface area contributed by atoms with E-state index in [9.17, 15) is 24.9 Å². The lowest BCUT2D eigenvalue weighted by molar-refractivity contribution is -0.237. The number of rotatable bonds is 7. The average molecular weight is 425 g/mol. The summed E-state index contributed by atoms with van der Waals surface area (Å²) in [5, 5.41) is 32.0. The van der Waals surface area contributed by atoms with Crippen LogP contribution < -0.4 is 14.8 Å². The number of hydrogen-bond donors (Lipinski definition) is 4. The molecule has 0 spiro atoms. The number of amides is 1. The summed E-state index contributed by atoms with van der Waals surface area (Å²) in [6, 6.07) is 4.75. The molecule has 0 aromatic heterocycles. The predicted molar refractivity (Wildman–Crippen MR) is 108 cm³/mol. The van der Waals surface area contributed by atoms with Crippen LogP contribution in [0.25, 0.3) is 0 Å². The molecule has 1 aromatic carbocycles. The van der Waals surface area contributed by atoms with E-state index in [2.05, 4.69) is 5.32 Å². The number of aliphatic hydroxyl groups excluding tert-OH is 2. The predicted octanol–water partition coefficient (Wildman–Crippen LogP) is 2.01. The minimum Gasteiger partial charge on any atom is -0.489 e. The fraction of sp³-hybridized carbons (Fsp3) is 0.619. The monoisotopic (exact) mass is 425 g/mol. The molecule has 4 atom stereocenters. The third kappa shape index (κ3) is 6.58. The van der Waals surface area contributed by atoms with Crippen LogP contribution >= 0.6 is 0 Å². The Hall–Kier alpha value is -2.36. The minimum atomic E-state index is -1.51. The van der Waals surface area contributed by atoms with Crippen LogP contribution in [0.4, 0.5) is 5.69 Å². The van der Waals surface area contributed by atoms with Crippen molar-refractivity contribution in [3.8, 4) is 11.5 Å². The number of carboxylic acid groups (broad SMARTS) is 1. The van der Waals surface area contributed by atoms with E-state index in [-0.39, 0.29) is 29.4 Å². The van der Waals surface area contributed by atoms with Crippen molar-refractivity contribution >= 4 is 17.6 Å². The number of nitrogens with one attached hydrogen (secondary N) is 1. The quantitative estimate of drug-likeness (QED) is 0.521. The maximum absolute atomic E-state index is 12.0. The Bertz CT molecular complexity index is 758. The van der Waals surface area contributed by atoms with Gasteiger partial charge in [-0.1, -0.05) is 34.6 Å². The molecule has 1 heterocycles. The standard InChI is InChI=1S/C21H31NO8/c1-11(2)18(25)22-12-6-7-15(16(8-12)28-10-21(3,4)5)29-20-14(24)9-13(23)17(30-20)19(26)27/h6-8,11,13-14,17,20,23-24H,9-10H2,1-5H3,(H,22,25)(H,26,27)/t13-,14+,17-,20+/m0/s1. The van der Waals surface area contributed by atoms with Crippen LogP contribution in [0, 0.1) is 11.3 Å². The van der Waals surface area contributed by atoms with Crippen LogP contribution in [0.1, 0.15) is 41.0 Å². The molecule has 1 aliphatic heterocycles. The lowest BCUT2D eigenvalue weighted by Crippen LogP contribution is -2.52. The maximum Gasteiger partial charge on any atom is 0.335 e. The molecule has 9 heteroatoms. The molecule has 4 N–H and O–H groups in total. The van der Waals surface area contributed by atoms with Crippen LogP contribution in [-0.4, -0.2) is 58.4 Å². The summed E-state index contributed by atoms with van der Waals surface area (Å²) in [6.07, 6.45) is -5.60. The van der Waals surface area contributed by atoms with Gasteiger partial charge in [-0.05, 0) is 17.5 Å². The first-order chi connectivity index (χ1) is 13.9. The van der Waals surface area contributed by atoms with E-state index >= 15 is 0 Å². The fourth-order valence-electron chi connectivity index (χ4n) is 2.64. The maximum atomic E-state index is 12.0. The average Bonchev–Trinajstić information content (AvgIpc) is 2.62. The Morgan fingerprint density at radius 2 is 1.87 bits per heavy atom. The van der Waals surface area contributed by atoms with Crippen molar-refractivity contribution in [3.05, 3.63) is 18.2 Å². The van der Waals surface area contributed by atoms with E-state index in [0.29, 0.717) is 18.0 Å². The first-order valence-electron chi connectivity index (χ1n) is 9.86. The van der Waals surface area contributed by atoms with Crippen molar-refractivity contribution < 1.29 is 39.1 Å². The van der Waals surface area contributed by atoms with Gasteiger partial charge in [-0.2, -0.15) is 0 Å². The second-order valence-electron chi connectivity index (χ2n) is 8.91. The number of anilines is 1. The summed E-state index contributed by atoms with van der Waals surface area (Å²) in [5.74, 6) is -1.19. The molecule has 1 saturated heterocycles. The van der Waals surface area contributed by atoms with Gasteiger partial charge in [0, 0.05) is 24.1 Å². The zero-order valence-electron chi connectivity index (χ0n) is 17.9. The number of carboxylic acids is 1. The van der Waals surface area contributed by atoms with Gasteiger partial charge in [0.1, 0.15) is 6.10 Å². The number of hydrogen-bond acceptors (Lipinski definition) is 7. The Kier molecular flexibility index (Phi) is 7.68. The molecule has 9 nitrogen and oxygen atoms in total. The molecular formula is C21H31NO8. The smallest absolute Gasteiger partial charge is 0.335 e. The largest absolute Gasteiger partial charge is 0.489 e. The summed E-state index contributed by atoms with van der Waals surface area (Å²) < 4.78 is 16.8. The van der Waals surface area contributed by atoms with Crippen LogP contribution in [0.5, 0.6) is 11.5 Å². The topological polar surface area (TPSA) is 135 Å². The number of carbonyl (C=O) groups excluding carboxylic acids is 1. The molecule has 1 amide bonds. The highest BCUT2D eigenvalue weighted by Crippen LogP contribution is 2.34. The van der Waals surface area contributed by atoms with Gasteiger partial charge in [0.15, 0.2) is 17.6 Å². The van der Waals surface area contributed by atoms with Crippen molar-refractivity contribution in [2.24, 2.45) is 11.3 Å². The molecule has 1 aromatic rings. The van der Waals surface area contributed by atoms with Gasteiger partial charge in [-0.25, -0.2) is 4.79 Å². The van der Waals surface area contributed by atoms with Crippen LogP contribution in [0.2, 0.25) is 0 Å². The van der Waals surface area contributed by atoms with E-state index in [1.807, 2.05) is 20.8 Å². The van der Waals surface area contributed by atoms with Gasteiger partial charge in [0.2, 0.25) is 12.2 Å². The summed E-state index contributed by atoms with van der Waals surface area (Å²) in [6.45, 7) is 9.87. The number of ether oxygens (including phenoxy) is 3. The fourth-order valence-corrected chi connectivity index (χ4v) is 2.64. The Morgan fingerprint density at radius 3 is 2.43 bits per heavy atom. The normalized spacial score (nSPS) is 24.4. The van der Waals surface area contributed by atoms with E-state index in [4.69, 9.17) is 14.2 Å². The minimum absolute atomic E-state index is 0.158. The van der Waals surface area contributed by atoms with Crippen molar-refractivity contribution in [2.75, 3.05) is 11.9 Å². The summed E-state index contributed by atoms with van der Waals surface area (Å²) in [5.41, 5.74) is 0.349. The molecule has 0 bridgehead atoms. The van der Waals surface area contributed by atoms with Gasteiger partial charge < -0.3 is 34.8 Å². The Labute approximate surface area is 175 Å². The van der Waals surface area contributed by atoms with Crippen molar-refractivity contribution in [1.29, 1.82) is 0 Å². The van der Waals surface area contributed by atoms with Gasteiger partial charge in [0.05, 0.1) is 12.7 Å². The van der Waals surface area contributed by atoms with Crippen molar-refractivity contribution in [1.82, 2.24) is 0 Å². The number of aliphatic hydroxyl groups is 2. The molecule has 30 heavy (non-hydrogen) atoms. The molecule has 2 rings (SSSR count). The highest BCUT2D eigenvalue weighted by molar-refractivity contribution is 5.92. The van der Waals surface area contributed by atoms with Crippen LogP contribution in [0.15, 0.2) is 18.2 Å². The molecule has 0 unspecified atom stereocenters. The van der Waals surface area contributed by atoms with E-state index in [0.717, 1.165) is 0 Å². The molecule has 1 aliphatic rings. The van der Waals surface area contributed by atoms with Gasteiger partial charge >= 0.3 is 5.97 Å². The summed E-state index contributed by atoms with van der Waals surface area (Å²) in [7, 11) is 0. The molecular weight excluding hydrogens is 394 g/mol. The van der Waals surface area contributed by atoms with E-state index < -0.39 is 30.6 Å². The number of aliphatic carboxylic acids is 1. The van der Waals surface area contributed by atoms with E-state index in [1.54, 1.807) is 32.0 Å². The molecule has 0 saturated carbocycles. The van der Waals surface area contributed by atoms with Gasteiger partial charge in [0.25, 0.3) is 0 Å². The highest BCUT2D eigenvalue weighted by Gasteiger charge is 2.41.